The van der Waals surface area contributed by atoms with Crippen molar-refractivity contribution in [1.82, 2.24) is 0 Å². The molecular weight excluding hydrogens is 552 g/mol. The number of halogens is 1. The maximum absolute atomic E-state index is 13.9. The number of hydrogen-bond acceptors (Lipinski definition) is 6. The molecule has 0 aliphatic carbocycles. The van der Waals surface area contributed by atoms with Gasteiger partial charge in [-0.05, 0) is 72.6 Å². The Morgan fingerprint density at radius 2 is 1.55 bits per heavy atom. The molecule has 0 bridgehead atoms. The number of nitrogens with zero attached hydrogens (tertiary/aromatic N) is 1. The Morgan fingerprint density at radius 3 is 2.20 bits per heavy atom. The molecule has 0 unspecified atom stereocenters. The van der Waals surface area contributed by atoms with E-state index in [1.165, 1.54) is 32.4 Å². The fraction of sp³-hybridized carbons (Fsp3) is 0.167. The third-order valence-electron chi connectivity index (χ3n) is 5.98. The summed E-state index contributed by atoms with van der Waals surface area (Å²) in [6, 6.07) is 25.9. The standard InChI is InChI=1S/C30H29ClN2O6S/c1-21-9-15-28(38-3)29(17-21)40(35,36)33(24-12-16-27(37-2)26(31)18-24)19-30(34)32-23-10-13-25(14-11-23)39-20-22-7-5-4-6-8-22/h4-18H,19-20H2,1-3H3,(H,32,34). The summed E-state index contributed by atoms with van der Waals surface area (Å²) in [7, 11) is -1.41. The minimum absolute atomic E-state index is 0.0744. The van der Waals surface area contributed by atoms with Gasteiger partial charge in [-0.3, -0.25) is 9.10 Å². The van der Waals surface area contributed by atoms with E-state index in [1.54, 1.807) is 49.4 Å². The minimum Gasteiger partial charge on any atom is -0.495 e. The molecule has 4 aromatic carbocycles. The number of methoxy groups -OCH3 is 2. The van der Waals surface area contributed by atoms with Crippen molar-refractivity contribution in [2.24, 2.45) is 0 Å². The van der Waals surface area contributed by atoms with Crippen LogP contribution in [-0.2, 0) is 21.4 Å². The van der Waals surface area contributed by atoms with Gasteiger partial charge in [-0.25, -0.2) is 8.42 Å². The summed E-state index contributed by atoms with van der Waals surface area (Å²) >= 11 is 6.32. The zero-order chi connectivity index (χ0) is 28.7. The summed E-state index contributed by atoms with van der Waals surface area (Å²) in [6.45, 7) is 1.66. The third-order valence-corrected chi connectivity index (χ3v) is 8.07. The molecule has 0 aliphatic rings. The van der Waals surface area contributed by atoms with E-state index in [-0.39, 0.29) is 21.4 Å². The predicted molar refractivity (Wildman–Crippen MR) is 156 cm³/mol. The molecule has 0 saturated heterocycles. The monoisotopic (exact) mass is 580 g/mol. The van der Waals surface area contributed by atoms with Gasteiger partial charge in [0.1, 0.15) is 35.3 Å². The van der Waals surface area contributed by atoms with Crippen LogP contribution in [0.4, 0.5) is 11.4 Å². The Hall–Kier alpha value is -4.21. The Morgan fingerprint density at radius 1 is 0.875 bits per heavy atom. The first-order valence-corrected chi connectivity index (χ1v) is 14.1. The largest absolute Gasteiger partial charge is 0.495 e. The van der Waals surface area contributed by atoms with Gasteiger partial charge in [-0.2, -0.15) is 0 Å². The number of rotatable bonds is 11. The van der Waals surface area contributed by atoms with Crippen molar-refractivity contribution in [1.29, 1.82) is 0 Å². The maximum Gasteiger partial charge on any atom is 0.268 e. The maximum atomic E-state index is 13.9. The Kier molecular flexibility index (Phi) is 9.19. The van der Waals surface area contributed by atoms with E-state index in [4.69, 9.17) is 25.8 Å². The lowest BCUT2D eigenvalue weighted by atomic mass is 10.2. The van der Waals surface area contributed by atoms with Gasteiger partial charge >= 0.3 is 0 Å². The van der Waals surface area contributed by atoms with E-state index in [1.807, 2.05) is 30.3 Å². The molecule has 10 heteroatoms. The van der Waals surface area contributed by atoms with Crippen molar-refractivity contribution in [3.63, 3.8) is 0 Å². The molecule has 40 heavy (non-hydrogen) atoms. The number of anilines is 2. The molecule has 8 nitrogen and oxygen atoms in total. The van der Waals surface area contributed by atoms with E-state index in [9.17, 15) is 13.2 Å². The van der Waals surface area contributed by atoms with E-state index in [0.717, 1.165) is 9.87 Å². The number of hydrogen-bond donors (Lipinski definition) is 1. The number of aryl methyl sites for hydroxylation is 1. The van der Waals surface area contributed by atoms with Gasteiger partial charge in [0.25, 0.3) is 10.0 Å². The van der Waals surface area contributed by atoms with Crippen molar-refractivity contribution in [2.45, 2.75) is 18.4 Å². The molecule has 0 saturated carbocycles. The zero-order valence-corrected chi connectivity index (χ0v) is 23.8. The number of benzene rings is 4. The number of carbonyl (C=O) groups is 1. The van der Waals surface area contributed by atoms with Crippen LogP contribution in [0, 0.1) is 6.92 Å². The van der Waals surface area contributed by atoms with Crippen molar-refractivity contribution in [2.75, 3.05) is 30.4 Å². The summed E-state index contributed by atoms with van der Waals surface area (Å²) in [5.74, 6) is 0.599. The Labute approximate surface area is 239 Å². The van der Waals surface area contributed by atoms with Gasteiger partial charge in [0.15, 0.2) is 0 Å². The molecule has 4 aromatic rings. The molecule has 0 aromatic heterocycles. The van der Waals surface area contributed by atoms with Crippen molar-refractivity contribution >= 4 is 38.9 Å². The fourth-order valence-electron chi connectivity index (χ4n) is 3.94. The average Bonchev–Trinajstić information content (AvgIpc) is 2.96. The molecule has 0 heterocycles. The molecule has 0 fully saturated rings. The van der Waals surface area contributed by atoms with Gasteiger partial charge in [-0.15, -0.1) is 0 Å². The highest BCUT2D eigenvalue weighted by atomic mass is 35.5. The molecule has 0 spiro atoms. The summed E-state index contributed by atoms with van der Waals surface area (Å²) in [5.41, 5.74) is 2.42. The Bertz CT molecular complexity index is 1580. The van der Waals surface area contributed by atoms with Crippen LogP contribution in [-0.4, -0.2) is 35.1 Å². The Balaban J connectivity index is 1.57. The summed E-state index contributed by atoms with van der Waals surface area (Å²) < 4.78 is 45.2. The molecule has 1 N–H and O–H groups in total. The van der Waals surface area contributed by atoms with Gasteiger partial charge in [0.2, 0.25) is 5.91 Å². The summed E-state index contributed by atoms with van der Waals surface area (Å²) in [6.07, 6.45) is 0. The van der Waals surface area contributed by atoms with Crippen LogP contribution < -0.4 is 23.8 Å². The van der Waals surface area contributed by atoms with Crippen molar-refractivity contribution in [3.05, 3.63) is 107 Å². The molecular formula is C30H29ClN2O6S. The molecule has 0 aliphatic heterocycles. The van der Waals surface area contributed by atoms with E-state index >= 15 is 0 Å². The van der Waals surface area contributed by atoms with Crippen LogP contribution in [0.25, 0.3) is 0 Å². The smallest absolute Gasteiger partial charge is 0.268 e. The highest BCUT2D eigenvalue weighted by molar-refractivity contribution is 7.93. The lowest BCUT2D eigenvalue weighted by molar-refractivity contribution is -0.114. The van der Waals surface area contributed by atoms with E-state index in [2.05, 4.69) is 5.32 Å². The number of carbonyl (C=O) groups excluding carboxylic acids is 1. The van der Waals surface area contributed by atoms with Gasteiger partial charge in [-0.1, -0.05) is 48.0 Å². The normalized spacial score (nSPS) is 11.0. The van der Waals surface area contributed by atoms with Crippen LogP contribution in [0.5, 0.6) is 17.2 Å². The SMILES string of the molecule is COc1ccc(N(CC(=O)Nc2ccc(OCc3ccccc3)cc2)S(=O)(=O)c2cc(C)ccc2OC)cc1Cl. The zero-order valence-electron chi connectivity index (χ0n) is 22.3. The summed E-state index contributed by atoms with van der Waals surface area (Å²) in [4.78, 5) is 13.1. The lowest BCUT2D eigenvalue weighted by Gasteiger charge is -2.25. The molecule has 4 rings (SSSR count). The average molecular weight is 581 g/mol. The first-order valence-electron chi connectivity index (χ1n) is 12.3. The second-order valence-electron chi connectivity index (χ2n) is 8.83. The number of sulfonamides is 1. The van der Waals surface area contributed by atoms with Gasteiger partial charge < -0.3 is 19.5 Å². The number of amides is 1. The molecule has 0 atom stereocenters. The molecule has 0 radical (unpaired) electrons. The second-order valence-corrected chi connectivity index (χ2v) is 11.1. The van der Waals surface area contributed by atoms with E-state index < -0.39 is 22.5 Å². The van der Waals surface area contributed by atoms with E-state index in [0.29, 0.717) is 29.4 Å². The second kappa shape index (κ2) is 12.8. The molecule has 1 amide bonds. The quantitative estimate of drug-likeness (QED) is 0.231. The topological polar surface area (TPSA) is 94.2 Å². The number of nitrogens with one attached hydrogen (secondary N) is 1. The number of ether oxygens (including phenoxy) is 3. The van der Waals surface area contributed by atoms with Crippen LogP contribution in [0.1, 0.15) is 11.1 Å². The van der Waals surface area contributed by atoms with Crippen LogP contribution >= 0.6 is 11.6 Å². The lowest BCUT2D eigenvalue weighted by Crippen LogP contribution is -2.38. The highest BCUT2D eigenvalue weighted by Gasteiger charge is 2.31. The minimum atomic E-state index is -4.26. The summed E-state index contributed by atoms with van der Waals surface area (Å²) in [5, 5.41) is 2.95. The van der Waals surface area contributed by atoms with Gasteiger partial charge in [0, 0.05) is 5.69 Å². The van der Waals surface area contributed by atoms with Crippen molar-refractivity contribution in [3.8, 4) is 17.2 Å². The fourth-order valence-corrected chi connectivity index (χ4v) is 5.84. The third kappa shape index (κ3) is 6.86. The van der Waals surface area contributed by atoms with Crippen molar-refractivity contribution < 1.29 is 27.4 Å². The van der Waals surface area contributed by atoms with Gasteiger partial charge in [0.05, 0.1) is 24.9 Å². The molecule has 208 valence electrons. The highest BCUT2D eigenvalue weighted by Crippen LogP contribution is 2.34. The first kappa shape index (κ1) is 28.8. The van der Waals surface area contributed by atoms with Crippen LogP contribution in [0.3, 0.4) is 0 Å². The predicted octanol–water partition coefficient (Wildman–Crippen LogP) is 6.08. The van der Waals surface area contributed by atoms with Crippen LogP contribution in [0.15, 0.2) is 95.9 Å². The van der Waals surface area contributed by atoms with Crippen LogP contribution in [0.2, 0.25) is 5.02 Å². The first-order chi connectivity index (χ1) is 19.2.